The number of benzene rings is 1. The number of halogens is 1. The van der Waals surface area contributed by atoms with Crippen molar-refractivity contribution >= 4 is 21.5 Å². The van der Waals surface area contributed by atoms with Crippen LogP contribution in [0.15, 0.2) is 36.7 Å². The number of aromatic nitrogens is 3. The molecule has 0 N–H and O–H groups in total. The van der Waals surface area contributed by atoms with Crippen molar-refractivity contribution in [1.82, 2.24) is 18.9 Å². The zero-order valence-electron chi connectivity index (χ0n) is 17.1. The lowest BCUT2D eigenvalue weighted by Gasteiger charge is -2.26. The van der Waals surface area contributed by atoms with E-state index in [0.29, 0.717) is 34.9 Å². The van der Waals surface area contributed by atoms with Crippen molar-refractivity contribution in [2.24, 2.45) is 0 Å². The van der Waals surface area contributed by atoms with Crippen LogP contribution in [0.4, 0.5) is 10.2 Å². The second-order valence-corrected chi connectivity index (χ2v) is 9.71. The quantitative estimate of drug-likeness (QED) is 0.618. The molecule has 0 saturated heterocycles. The largest absolute Gasteiger partial charge is 0.489 e. The van der Waals surface area contributed by atoms with Gasteiger partial charge in [0.25, 0.3) is 0 Å². The van der Waals surface area contributed by atoms with E-state index in [1.807, 2.05) is 18.0 Å². The van der Waals surface area contributed by atoms with Crippen LogP contribution in [-0.2, 0) is 23.1 Å². The standard InChI is InChI=1S/C20H24FN5O3S/c1-4-30(27,28)25-11-14(2)29-18-6-5-17(21)9-15(18)12-24(3)19-7-8-26-20(23-19)16(13-25)10-22-26/h5-10,14H,4,11-13H2,1-3H3/t14-/m0/s1. The minimum absolute atomic E-state index is 0.0256. The van der Waals surface area contributed by atoms with Crippen molar-refractivity contribution in [2.75, 3.05) is 24.2 Å². The fraction of sp³-hybridized carbons (Fsp3) is 0.400. The van der Waals surface area contributed by atoms with Gasteiger partial charge in [-0.25, -0.2) is 22.3 Å². The maximum atomic E-state index is 13.9. The van der Waals surface area contributed by atoms with Gasteiger partial charge in [-0.15, -0.1) is 0 Å². The van der Waals surface area contributed by atoms with Gasteiger partial charge in [0.15, 0.2) is 5.65 Å². The molecule has 0 unspecified atom stereocenters. The molecule has 0 fully saturated rings. The van der Waals surface area contributed by atoms with Crippen molar-refractivity contribution < 1.29 is 17.5 Å². The Morgan fingerprint density at radius 1 is 1.23 bits per heavy atom. The Hall–Kier alpha value is -2.72. The first kappa shape index (κ1) is 20.5. The molecule has 0 spiro atoms. The molecule has 30 heavy (non-hydrogen) atoms. The molecular weight excluding hydrogens is 409 g/mol. The first-order valence-corrected chi connectivity index (χ1v) is 11.3. The molecule has 3 heterocycles. The number of anilines is 1. The summed E-state index contributed by atoms with van der Waals surface area (Å²) < 4.78 is 48.5. The monoisotopic (exact) mass is 433 g/mol. The third-order valence-corrected chi connectivity index (χ3v) is 6.94. The third kappa shape index (κ3) is 3.97. The van der Waals surface area contributed by atoms with Crippen LogP contribution in [-0.4, -0.2) is 52.8 Å². The molecule has 1 aliphatic rings. The maximum absolute atomic E-state index is 13.9. The average Bonchev–Trinajstić information content (AvgIpc) is 3.11. The molecule has 4 rings (SSSR count). The summed E-state index contributed by atoms with van der Waals surface area (Å²) in [5.41, 5.74) is 1.95. The van der Waals surface area contributed by atoms with Gasteiger partial charge in [-0.3, -0.25) is 0 Å². The lowest BCUT2D eigenvalue weighted by molar-refractivity contribution is 0.183. The summed E-state index contributed by atoms with van der Waals surface area (Å²) in [6, 6.07) is 6.17. The zero-order chi connectivity index (χ0) is 21.5. The summed E-state index contributed by atoms with van der Waals surface area (Å²) >= 11 is 0. The maximum Gasteiger partial charge on any atom is 0.214 e. The van der Waals surface area contributed by atoms with Gasteiger partial charge in [0, 0.05) is 37.5 Å². The molecule has 3 aromatic rings. The van der Waals surface area contributed by atoms with Crippen molar-refractivity contribution in [3.8, 4) is 5.75 Å². The molecule has 0 amide bonds. The fourth-order valence-electron chi connectivity index (χ4n) is 3.54. The molecule has 0 radical (unpaired) electrons. The number of hydrogen-bond acceptors (Lipinski definition) is 6. The summed E-state index contributed by atoms with van der Waals surface area (Å²) in [6.45, 7) is 4.09. The van der Waals surface area contributed by atoms with Crippen LogP contribution in [0.1, 0.15) is 25.0 Å². The van der Waals surface area contributed by atoms with E-state index >= 15 is 0 Å². The Balaban J connectivity index is 1.85. The summed E-state index contributed by atoms with van der Waals surface area (Å²) in [4.78, 5) is 6.58. The van der Waals surface area contributed by atoms with E-state index < -0.39 is 16.1 Å². The number of hydrogen-bond donors (Lipinski definition) is 0. The molecular formula is C20H24FN5O3S. The molecule has 160 valence electrons. The Morgan fingerprint density at radius 3 is 2.80 bits per heavy atom. The minimum Gasteiger partial charge on any atom is -0.489 e. The predicted molar refractivity (Wildman–Crippen MR) is 111 cm³/mol. The second kappa shape index (κ2) is 7.84. The van der Waals surface area contributed by atoms with Crippen LogP contribution in [0, 0.1) is 5.82 Å². The molecule has 0 saturated carbocycles. The van der Waals surface area contributed by atoms with E-state index in [-0.39, 0.29) is 24.7 Å². The van der Waals surface area contributed by atoms with Gasteiger partial charge in [-0.2, -0.15) is 9.40 Å². The molecule has 0 aliphatic carbocycles. The molecule has 2 aromatic heterocycles. The molecule has 8 nitrogen and oxygen atoms in total. The number of rotatable bonds is 2. The Labute approximate surface area is 174 Å². The number of fused-ring (bicyclic) bond motifs is 2. The van der Waals surface area contributed by atoms with E-state index in [1.165, 1.54) is 16.4 Å². The van der Waals surface area contributed by atoms with Gasteiger partial charge in [-0.05, 0) is 38.1 Å². The van der Waals surface area contributed by atoms with E-state index in [0.717, 1.165) is 0 Å². The highest BCUT2D eigenvalue weighted by molar-refractivity contribution is 7.89. The Kier molecular flexibility index (Phi) is 5.37. The highest BCUT2D eigenvalue weighted by Gasteiger charge is 2.26. The molecule has 1 atom stereocenters. The first-order valence-electron chi connectivity index (χ1n) is 9.74. The van der Waals surface area contributed by atoms with Gasteiger partial charge in [0.1, 0.15) is 23.5 Å². The molecule has 10 heteroatoms. The lowest BCUT2D eigenvalue weighted by Crippen LogP contribution is -2.39. The van der Waals surface area contributed by atoms with Crippen LogP contribution in [0.2, 0.25) is 0 Å². The van der Waals surface area contributed by atoms with Gasteiger partial charge >= 0.3 is 0 Å². The summed E-state index contributed by atoms with van der Waals surface area (Å²) in [6.07, 6.45) is 2.98. The highest BCUT2D eigenvalue weighted by Crippen LogP contribution is 2.26. The smallest absolute Gasteiger partial charge is 0.214 e. The SMILES string of the molecule is CCS(=O)(=O)N1Cc2cnn3ccc(nc23)N(C)Cc2cc(F)ccc2O[C@@H](C)C1. The number of nitrogens with zero attached hydrogens (tertiary/aromatic N) is 5. The average molecular weight is 434 g/mol. The highest BCUT2D eigenvalue weighted by atomic mass is 32.2. The van der Waals surface area contributed by atoms with E-state index in [2.05, 4.69) is 10.1 Å². The lowest BCUT2D eigenvalue weighted by atomic mass is 10.1. The van der Waals surface area contributed by atoms with Crippen LogP contribution in [0.25, 0.3) is 5.65 Å². The summed E-state index contributed by atoms with van der Waals surface area (Å²) in [7, 11) is -1.63. The van der Waals surface area contributed by atoms with E-state index in [4.69, 9.17) is 4.74 Å². The number of sulfonamides is 1. The van der Waals surface area contributed by atoms with Gasteiger partial charge in [0.05, 0.1) is 18.5 Å². The summed E-state index contributed by atoms with van der Waals surface area (Å²) in [5, 5.41) is 4.30. The first-order chi connectivity index (χ1) is 14.3. The van der Waals surface area contributed by atoms with Crippen LogP contribution >= 0.6 is 0 Å². The fourth-order valence-corrected chi connectivity index (χ4v) is 4.68. The van der Waals surface area contributed by atoms with E-state index in [9.17, 15) is 12.8 Å². The third-order valence-electron chi connectivity index (χ3n) is 5.14. The van der Waals surface area contributed by atoms with Crippen molar-refractivity contribution in [3.05, 3.63) is 53.6 Å². The molecule has 2 bridgehead atoms. The van der Waals surface area contributed by atoms with Crippen LogP contribution in [0.5, 0.6) is 5.75 Å². The van der Waals surface area contributed by atoms with Crippen molar-refractivity contribution in [2.45, 2.75) is 33.0 Å². The van der Waals surface area contributed by atoms with Crippen molar-refractivity contribution in [3.63, 3.8) is 0 Å². The summed E-state index contributed by atoms with van der Waals surface area (Å²) in [5.74, 6) is 0.797. The Morgan fingerprint density at radius 2 is 2.03 bits per heavy atom. The topological polar surface area (TPSA) is 80.0 Å². The number of ether oxygens (including phenoxy) is 1. The second-order valence-electron chi connectivity index (χ2n) is 7.45. The predicted octanol–water partition coefficient (Wildman–Crippen LogP) is 2.44. The minimum atomic E-state index is -3.50. The van der Waals surface area contributed by atoms with Crippen molar-refractivity contribution in [1.29, 1.82) is 0 Å². The van der Waals surface area contributed by atoms with Gasteiger partial charge in [0.2, 0.25) is 10.0 Å². The normalized spacial score (nSPS) is 18.4. The Bertz CT molecular complexity index is 1180. The molecule has 1 aliphatic heterocycles. The molecule has 1 aromatic carbocycles. The van der Waals surface area contributed by atoms with E-state index in [1.54, 1.807) is 36.8 Å². The van der Waals surface area contributed by atoms with Gasteiger partial charge in [-0.1, -0.05) is 0 Å². The van der Waals surface area contributed by atoms with Gasteiger partial charge < -0.3 is 9.64 Å². The zero-order valence-corrected chi connectivity index (χ0v) is 17.9. The van der Waals surface area contributed by atoms with Crippen LogP contribution in [0.3, 0.4) is 0 Å². The van der Waals surface area contributed by atoms with Crippen LogP contribution < -0.4 is 9.64 Å².